The van der Waals surface area contributed by atoms with Crippen molar-refractivity contribution in [3.05, 3.63) is 87.8 Å². The van der Waals surface area contributed by atoms with Crippen LogP contribution in [0.3, 0.4) is 0 Å². The second-order valence-corrected chi connectivity index (χ2v) is 7.18. The highest BCUT2D eigenvalue weighted by atomic mass is 79.9. The number of carbonyl (C=O) groups excluding carboxylic acids is 1. The average molecular weight is 428 g/mol. The summed E-state index contributed by atoms with van der Waals surface area (Å²) in [6, 6.07) is 19.2. The molecule has 0 saturated carbocycles. The molecule has 0 spiro atoms. The molecule has 1 atom stereocenters. The first-order valence-corrected chi connectivity index (χ1v) is 9.69. The van der Waals surface area contributed by atoms with Gasteiger partial charge in [-0.05, 0) is 59.1 Å². The molecule has 0 aliphatic heterocycles. The van der Waals surface area contributed by atoms with Gasteiger partial charge in [-0.15, -0.1) is 0 Å². The van der Waals surface area contributed by atoms with Crippen LogP contribution in [0.1, 0.15) is 46.8 Å². The third kappa shape index (κ3) is 5.01. The Morgan fingerprint density at radius 3 is 2.56 bits per heavy atom. The van der Waals surface area contributed by atoms with Gasteiger partial charge in [-0.25, -0.2) is 0 Å². The number of ether oxygens (including phenoxy) is 1. The topological polar surface area (TPSA) is 51.5 Å². The van der Waals surface area contributed by atoms with Gasteiger partial charge in [0.25, 0.3) is 5.91 Å². The molecular formula is C22H22BrNO3. The number of aryl methyl sites for hydroxylation is 1. The zero-order valence-corrected chi connectivity index (χ0v) is 17.0. The number of rotatable bonds is 7. The predicted molar refractivity (Wildman–Crippen MR) is 109 cm³/mol. The minimum atomic E-state index is -0.227. The number of benzene rings is 2. The van der Waals surface area contributed by atoms with Crippen molar-refractivity contribution in [2.24, 2.45) is 0 Å². The van der Waals surface area contributed by atoms with Gasteiger partial charge < -0.3 is 14.5 Å². The minimum Gasteiger partial charge on any atom is -0.484 e. The Kier molecular flexibility index (Phi) is 6.35. The maximum Gasteiger partial charge on any atom is 0.287 e. The van der Waals surface area contributed by atoms with Crippen LogP contribution in [0.5, 0.6) is 5.75 Å². The van der Waals surface area contributed by atoms with Gasteiger partial charge in [0.05, 0.1) is 10.5 Å². The first-order valence-electron chi connectivity index (χ1n) is 8.90. The Morgan fingerprint density at radius 2 is 1.85 bits per heavy atom. The number of hydrogen-bond acceptors (Lipinski definition) is 3. The SMILES string of the molecule is CCC(NC(=O)c1ccc(COc2ccccc2Br)o1)c1ccc(C)cc1. The van der Waals surface area contributed by atoms with Crippen LogP contribution in [0.2, 0.25) is 0 Å². The van der Waals surface area contributed by atoms with Crippen molar-refractivity contribution in [1.29, 1.82) is 0 Å². The molecule has 0 radical (unpaired) electrons. The molecule has 1 aromatic heterocycles. The quantitative estimate of drug-likeness (QED) is 0.517. The monoisotopic (exact) mass is 427 g/mol. The first kappa shape index (κ1) is 19.2. The van der Waals surface area contributed by atoms with E-state index in [0.29, 0.717) is 5.76 Å². The van der Waals surface area contributed by atoms with Gasteiger partial charge in [0, 0.05) is 0 Å². The maximum absolute atomic E-state index is 12.5. The number of halogens is 1. The molecule has 1 heterocycles. The first-order chi connectivity index (χ1) is 13.1. The molecule has 27 heavy (non-hydrogen) atoms. The van der Waals surface area contributed by atoms with Crippen LogP contribution in [0.25, 0.3) is 0 Å². The molecule has 5 heteroatoms. The lowest BCUT2D eigenvalue weighted by Crippen LogP contribution is -2.27. The van der Waals surface area contributed by atoms with Gasteiger partial charge >= 0.3 is 0 Å². The maximum atomic E-state index is 12.5. The largest absolute Gasteiger partial charge is 0.484 e. The Labute approximate surface area is 167 Å². The van der Waals surface area contributed by atoms with Crippen LogP contribution in [0.4, 0.5) is 0 Å². The smallest absolute Gasteiger partial charge is 0.287 e. The van der Waals surface area contributed by atoms with E-state index in [1.807, 2.05) is 62.4 Å². The molecule has 1 unspecified atom stereocenters. The van der Waals surface area contributed by atoms with Crippen molar-refractivity contribution in [3.63, 3.8) is 0 Å². The van der Waals surface area contributed by atoms with E-state index in [4.69, 9.17) is 9.15 Å². The fraction of sp³-hybridized carbons (Fsp3) is 0.227. The highest BCUT2D eigenvalue weighted by Gasteiger charge is 2.17. The molecule has 3 aromatic rings. The van der Waals surface area contributed by atoms with Crippen molar-refractivity contribution >= 4 is 21.8 Å². The van der Waals surface area contributed by atoms with Crippen LogP contribution in [-0.2, 0) is 6.61 Å². The van der Waals surface area contributed by atoms with Crippen molar-refractivity contribution in [1.82, 2.24) is 5.32 Å². The Balaban J connectivity index is 1.62. The highest BCUT2D eigenvalue weighted by molar-refractivity contribution is 9.10. The summed E-state index contributed by atoms with van der Waals surface area (Å²) in [5, 5.41) is 3.03. The molecule has 1 N–H and O–H groups in total. The summed E-state index contributed by atoms with van der Waals surface area (Å²) in [5.74, 6) is 1.38. The van der Waals surface area contributed by atoms with Crippen LogP contribution in [0, 0.1) is 6.92 Å². The minimum absolute atomic E-state index is 0.0526. The summed E-state index contributed by atoms with van der Waals surface area (Å²) in [7, 11) is 0. The molecule has 1 amide bonds. The van der Waals surface area contributed by atoms with E-state index in [9.17, 15) is 4.79 Å². The van der Waals surface area contributed by atoms with Crippen LogP contribution >= 0.6 is 15.9 Å². The number of para-hydroxylation sites is 1. The van der Waals surface area contributed by atoms with Crippen molar-refractivity contribution in [2.45, 2.75) is 32.9 Å². The summed E-state index contributed by atoms with van der Waals surface area (Å²) < 4.78 is 12.3. The van der Waals surface area contributed by atoms with Crippen molar-refractivity contribution in [3.8, 4) is 5.75 Å². The van der Waals surface area contributed by atoms with Gasteiger partial charge in [-0.2, -0.15) is 0 Å². The number of carbonyl (C=O) groups is 1. The number of amides is 1. The lowest BCUT2D eigenvalue weighted by molar-refractivity contribution is 0.0903. The molecular weight excluding hydrogens is 406 g/mol. The van der Waals surface area contributed by atoms with Crippen LogP contribution in [-0.4, -0.2) is 5.91 Å². The Morgan fingerprint density at radius 1 is 1.11 bits per heavy atom. The third-order valence-electron chi connectivity index (χ3n) is 4.29. The Bertz CT molecular complexity index is 902. The molecule has 0 fully saturated rings. The summed E-state index contributed by atoms with van der Waals surface area (Å²) >= 11 is 3.44. The zero-order chi connectivity index (χ0) is 19.2. The molecule has 0 bridgehead atoms. The predicted octanol–water partition coefficient (Wildman–Crippen LogP) is 5.81. The zero-order valence-electron chi connectivity index (χ0n) is 15.4. The van der Waals surface area contributed by atoms with E-state index in [2.05, 4.69) is 21.2 Å². The van der Waals surface area contributed by atoms with Gasteiger partial charge in [-0.1, -0.05) is 48.9 Å². The van der Waals surface area contributed by atoms with E-state index in [-0.39, 0.29) is 24.3 Å². The van der Waals surface area contributed by atoms with E-state index < -0.39 is 0 Å². The van der Waals surface area contributed by atoms with Crippen LogP contribution < -0.4 is 10.1 Å². The number of nitrogens with one attached hydrogen (secondary N) is 1. The van der Waals surface area contributed by atoms with Gasteiger partial charge in [0.15, 0.2) is 5.76 Å². The summed E-state index contributed by atoms with van der Waals surface area (Å²) in [6.45, 7) is 4.35. The van der Waals surface area contributed by atoms with Crippen LogP contribution in [0.15, 0.2) is 69.6 Å². The van der Waals surface area contributed by atoms with Gasteiger partial charge in [0.2, 0.25) is 0 Å². The summed E-state index contributed by atoms with van der Waals surface area (Å²) in [4.78, 5) is 12.5. The molecule has 2 aromatic carbocycles. The fourth-order valence-corrected chi connectivity index (χ4v) is 3.14. The fourth-order valence-electron chi connectivity index (χ4n) is 2.74. The molecule has 140 valence electrons. The van der Waals surface area contributed by atoms with E-state index in [1.165, 1.54) is 5.56 Å². The summed E-state index contributed by atoms with van der Waals surface area (Å²) in [6.07, 6.45) is 0.799. The van der Waals surface area contributed by atoms with E-state index in [1.54, 1.807) is 12.1 Å². The Hall–Kier alpha value is -2.53. The lowest BCUT2D eigenvalue weighted by atomic mass is 10.0. The van der Waals surface area contributed by atoms with E-state index >= 15 is 0 Å². The lowest BCUT2D eigenvalue weighted by Gasteiger charge is -2.17. The third-order valence-corrected chi connectivity index (χ3v) is 4.94. The molecule has 4 nitrogen and oxygen atoms in total. The highest BCUT2D eigenvalue weighted by Crippen LogP contribution is 2.25. The summed E-state index contributed by atoms with van der Waals surface area (Å²) in [5.41, 5.74) is 2.28. The number of furan rings is 1. The standard InChI is InChI=1S/C22H22BrNO3/c1-3-19(16-10-8-15(2)9-11-16)24-22(25)21-13-12-17(27-21)14-26-20-7-5-4-6-18(20)23/h4-13,19H,3,14H2,1-2H3,(H,24,25). The molecule has 0 aliphatic carbocycles. The molecule has 3 rings (SSSR count). The van der Waals surface area contributed by atoms with Crippen molar-refractivity contribution in [2.75, 3.05) is 0 Å². The molecule has 0 saturated heterocycles. The van der Waals surface area contributed by atoms with Gasteiger partial charge in [0.1, 0.15) is 18.1 Å². The van der Waals surface area contributed by atoms with Crippen molar-refractivity contribution < 1.29 is 13.9 Å². The second-order valence-electron chi connectivity index (χ2n) is 6.33. The number of hydrogen-bond donors (Lipinski definition) is 1. The molecule has 0 aliphatic rings. The average Bonchev–Trinajstić information content (AvgIpc) is 3.15. The second kappa shape index (κ2) is 8.91. The van der Waals surface area contributed by atoms with Gasteiger partial charge in [-0.3, -0.25) is 4.79 Å². The van der Waals surface area contributed by atoms with E-state index in [0.717, 1.165) is 22.2 Å². The normalized spacial score (nSPS) is 11.8.